The number of amides is 1. The molecule has 130 valence electrons. The van der Waals surface area contributed by atoms with E-state index in [-0.39, 0.29) is 17.2 Å². The van der Waals surface area contributed by atoms with Gasteiger partial charge in [-0.1, -0.05) is 68.8 Å². The first-order valence-corrected chi connectivity index (χ1v) is 8.91. The Bertz CT molecular complexity index is 773. The van der Waals surface area contributed by atoms with E-state index in [1.807, 2.05) is 12.1 Å². The van der Waals surface area contributed by atoms with E-state index >= 15 is 0 Å². The minimum atomic E-state index is -0.0184. The third kappa shape index (κ3) is 4.49. The summed E-state index contributed by atoms with van der Waals surface area (Å²) >= 11 is 5.84. The van der Waals surface area contributed by atoms with Crippen LogP contribution in [0.3, 0.4) is 0 Å². The van der Waals surface area contributed by atoms with Gasteiger partial charge in [0.15, 0.2) is 0 Å². The first-order valence-electron chi connectivity index (χ1n) is 8.53. The summed E-state index contributed by atoms with van der Waals surface area (Å²) in [5.41, 5.74) is 6.23. The lowest BCUT2D eigenvalue weighted by atomic mass is 9.86. The molecule has 2 aromatic carbocycles. The molecule has 0 unspecified atom stereocenters. The van der Waals surface area contributed by atoms with E-state index in [1.54, 1.807) is 18.3 Å². The molecule has 0 heterocycles. The quantitative estimate of drug-likeness (QED) is 0.616. The monoisotopic (exact) mass is 354 g/mol. The third-order valence-corrected chi connectivity index (χ3v) is 4.84. The molecule has 0 aliphatic heterocycles. The van der Waals surface area contributed by atoms with Gasteiger partial charge in [-0.05, 0) is 46.6 Å². The second-order valence-electron chi connectivity index (χ2n) is 7.61. The largest absolute Gasteiger partial charge is 0.273 e. The van der Waals surface area contributed by atoms with Gasteiger partial charge in [-0.25, -0.2) is 5.43 Å². The highest BCUT2D eigenvalue weighted by molar-refractivity contribution is 6.30. The number of carbonyl (C=O) groups excluding carboxylic acids is 1. The van der Waals surface area contributed by atoms with E-state index in [0.717, 1.165) is 12.0 Å². The average molecular weight is 355 g/mol. The summed E-state index contributed by atoms with van der Waals surface area (Å²) in [6, 6.07) is 15.9. The van der Waals surface area contributed by atoms with Crippen LogP contribution in [-0.2, 0) is 10.2 Å². The van der Waals surface area contributed by atoms with Crippen LogP contribution in [0.4, 0.5) is 0 Å². The highest BCUT2D eigenvalue weighted by atomic mass is 35.5. The zero-order valence-corrected chi connectivity index (χ0v) is 15.5. The number of hydrogen-bond acceptors (Lipinski definition) is 2. The SMILES string of the molecule is CC(C)(C)c1ccc([C@H]2C[C@H]2C(=O)N/N=C\c2ccc(Cl)cc2)cc1. The molecular formula is C21H23ClN2O. The number of nitrogens with zero attached hydrogens (tertiary/aromatic N) is 1. The molecule has 0 saturated heterocycles. The molecule has 3 nitrogen and oxygen atoms in total. The van der Waals surface area contributed by atoms with E-state index < -0.39 is 0 Å². The first kappa shape index (κ1) is 17.7. The van der Waals surface area contributed by atoms with Crippen molar-refractivity contribution in [1.29, 1.82) is 0 Å². The molecule has 1 amide bonds. The summed E-state index contributed by atoms with van der Waals surface area (Å²) in [6.07, 6.45) is 2.51. The van der Waals surface area contributed by atoms with Crippen molar-refractivity contribution < 1.29 is 4.79 Å². The molecule has 4 heteroatoms. The summed E-state index contributed by atoms with van der Waals surface area (Å²) in [6.45, 7) is 6.61. The Hall–Kier alpha value is -2.13. The zero-order chi connectivity index (χ0) is 18.0. The summed E-state index contributed by atoms with van der Waals surface area (Å²) in [5, 5.41) is 4.72. The molecule has 1 N–H and O–H groups in total. The standard InChI is InChI=1S/C21H23ClN2O/c1-21(2,3)16-8-6-15(7-9-16)18-12-19(18)20(25)24-23-13-14-4-10-17(22)11-5-14/h4-11,13,18-19H,12H2,1-3H3,(H,24,25)/b23-13-/t18-,19-/m1/s1. The van der Waals surface area contributed by atoms with Crippen molar-refractivity contribution in [1.82, 2.24) is 5.43 Å². The molecule has 1 saturated carbocycles. The number of rotatable bonds is 4. The molecular weight excluding hydrogens is 332 g/mol. The normalized spacial score (nSPS) is 19.8. The van der Waals surface area contributed by atoms with Crippen LogP contribution in [0.5, 0.6) is 0 Å². The molecule has 0 spiro atoms. The fraction of sp³-hybridized carbons (Fsp3) is 0.333. The number of carbonyl (C=O) groups is 1. The molecule has 0 bridgehead atoms. The predicted molar refractivity (Wildman–Crippen MR) is 103 cm³/mol. The number of nitrogens with one attached hydrogen (secondary N) is 1. The van der Waals surface area contributed by atoms with E-state index in [0.29, 0.717) is 10.9 Å². The van der Waals surface area contributed by atoms with Gasteiger partial charge in [-0.2, -0.15) is 5.10 Å². The molecule has 1 aliphatic carbocycles. The van der Waals surface area contributed by atoms with Crippen molar-refractivity contribution in [3.63, 3.8) is 0 Å². The maximum absolute atomic E-state index is 12.2. The van der Waals surface area contributed by atoms with Gasteiger partial charge in [0.1, 0.15) is 0 Å². The Morgan fingerprint density at radius 1 is 1.12 bits per heavy atom. The van der Waals surface area contributed by atoms with Crippen LogP contribution < -0.4 is 5.43 Å². The van der Waals surface area contributed by atoms with Crippen LogP contribution >= 0.6 is 11.6 Å². The molecule has 0 radical (unpaired) electrons. The second kappa shape index (κ2) is 7.01. The maximum Gasteiger partial charge on any atom is 0.243 e. The Morgan fingerprint density at radius 3 is 2.36 bits per heavy atom. The van der Waals surface area contributed by atoms with Crippen molar-refractivity contribution >= 4 is 23.7 Å². The van der Waals surface area contributed by atoms with Crippen LogP contribution in [0.15, 0.2) is 53.6 Å². The van der Waals surface area contributed by atoms with E-state index in [9.17, 15) is 4.79 Å². The Morgan fingerprint density at radius 2 is 1.76 bits per heavy atom. The van der Waals surface area contributed by atoms with Gasteiger partial charge in [-0.15, -0.1) is 0 Å². The molecule has 25 heavy (non-hydrogen) atoms. The third-order valence-electron chi connectivity index (χ3n) is 4.59. The molecule has 1 aliphatic rings. The van der Waals surface area contributed by atoms with Gasteiger partial charge in [0, 0.05) is 10.9 Å². The molecule has 1 fully saturated rings. The van der Waals surface area contributed by atoms with Crippen molar-refractivity contribution in [2.24, 2.45) is 11.0 Å². The predicted octanol–water partition coefficient (Wildman–Crippen LogP) is 4.89. The summed E-state index contributed by atoms with van der Waals surface area (Å²) in [7, 11) is 0. The Kier molecular flexibility index (Phi) is 4.96. The smallest absolute Gasteiger partial charge is 0.243 e. The van der Waals surface area contributed by atoms with Crippen LogP contribution in [0.2, 0.25) is 5.02 Å². The van der Waals surface area contributed by atoms with Gasteiger partial charge in [0.2, 0.25) is 5.91 Å². The lowest BCUT2D eigenvalue weighted by Crippen LogP contribution is -2.20. The highest BCUT2D eigenvalue weighted by Crippen LogP contribution is 2.47. The van der Waals surface area contributed by atoms with Crippen LogP contribution in [0.25, 0.3) is 0 Å². The lowest BCUT2D eigenvalue weighted by molar-refractivity contribution is -0.122. The second-order valence-corrected chi connectivity index (χ2v) is 8.04. The van der Waals surface area contributed by atoms with E-state index in [1.165, 1.54) is 11.1 Å². The van der Waals surface area contributed by atoms with E-state index in [4.69, 9.17) is 11.6 Å². The van der Waals surface area contributed by atoms with Crippen LogP contribution in [0.1, 0.15) is 49.8 Å². The van der Waals surface area contributed by atoms with Gasteiger partial charge >= 0.3 is 0 Å². The summed E-state index contributed by atoms with van der Waals surface area (Å²) in [5.74, 6) is 0.303. The number of hydrogen-bond donors (Lipinski definition) is 1. The molecule has 0 aromatic heterocycles. The van der Waals surface area contributed by atoms with Crippen molar-refractivity contribution in [2.45, 2.75) is 38.5 Å². The minimum absolute atomic E-state index is 0.0165. The average Bonchev–Trinajstić information content (AvgIpc) is 3.37. The van der Waals surface area contributed by atoms with Gasteiger partial charge in [0.25, 0.3) is 0 Å². The summed E-state index contributed by atoms with van der Waals surface area (Å²) < 4.78 is 0. The van der Waals surface area contributed by atoms with Gasteiger partial charge in [0.05, 0.1) is 6.21 Å². The molecule has 2 aromatic rings. The Labute approximate surface area is 154 Å². The highest BCUT2D eigenvalue weighted by Gasteiger charge is 2.43. The number of halogens is 1. The molecule has 2 atom stereocenters. The fourth-order valence-corrected chi connectivity index (χ4v) is 3.01. The number of hydrazone groups is 1. The van der Waals surface area contributed by atoms with E-state index in [2.05, 4.69) is 55.6 Å². The number of benzene rings is 2. The van der Waals surface area contributed by atoms with Crippen molar-refractivity contribution in [2.75, 3.05) is 0 Å². The van der Waals surface area contributed by atoms with Crippen LogP contribution in [0, 0.1) is 5.92 Å². The van der Waals surface area contributed by atoms with Crippen molar-refractivity contribution in [3.05, 3.63) is 70.2 Å². The molecule has 3 rings (SSSR count). The zero-order valence-electron chi connectivity index (χ0n) is 14.8. The lowest BCUT2D eigenvalue weighted by Gasteiger charge is -2.19. The summed E-state index contributed by atoms with van der Waals surface area (Å²) in [4.78, 5) is 12.2. The fourth-order valence-electron chi connectivity index (χ4n) is 2.89. The maximum atomic E-state index is 12.2. The van der Waals surface area contributed by atoms with Gasteiger partial charge in [-0.3, -0.25) is 4.79 Å². The minimum Gasteiger partial charge on any atom is -0.273 e. The van der Waals surface area contributed by atoms with Gasteiger partial charge < -0.3 is 0 Å². The topological polar surface area (TPSA) is 41.5 Å². The Balaban J connectivity index is 1.54. The van der Waals surface area contributed by atoms with Crippen LogP contribution in [-0.4, -0.2) is 12.1 Å². The first-order chi connectivity index (χ1) is 11.8. The van der Waals surface area contributed by atoms with Crippen molar-refractivity contribution in [3.8, 4) is 0 Å².